The van der Waals surface area contributed by atoms with Crippen molar-refractivity contribution in [2.45, 2.75) is 50.7 Å². The molecule has 1 heterocycles. The van der Waals surface area contributed by atoms with Crippen LogP contribution in [-0.4, -0.2) is 41.1 Å². The summed E-state index contributed by atoms with van der Waals surface area (Å²) < 4.78 is 6.17. The van der Waals surface area contributed by atoms with Crippen LogP contribution < -0.4 is 0 Å². The minimum absolute atomic E-state index is 0.0981. The Hall–Kier alpha value is -1.88. The number of nitrogens with zero attached hydrogens (tertiary/aromatic N) is 1. The molecule has 5 heteroatoms. The molecule has 2 aliphatic rings. The molecule has 3 rings (SSSR count). The van der Waals surface area contributed by atoms with Gasteiger partial charge in [-0.2, -0.15) is 0 Å². The third-order valence-corrected chi connectivity index (χ3v) is 5.04. The lowest BCUT2D eigenvalue weighted by molar-refractivity contribution is -0.153. The lowest BCUT2D eigenvalue weighted by atomic mass is 9.97. The fourth-order valence-corrected chi connectivity index (χ4v) is 3.67. The highest BCUT2D eigenvalue weighted by Gasteiger charge is 2.34. The van der Waals surface area contributed by atoms with E-state index in [0.717, 1.165) is 37.7 Å². The van der Waals surface area contributed by atoms with Crippen molar-refractivity contribution in [3.8, 4) is 0 Å². The monoisotopic (exact) mass is 331 g/mol. The van der Waals surface area contributed by atoms with E-state index in [2.05, 4.69) is 0 Å². The Bertz CT molecular complexity index is 568. The Morgan fingerprint density at radius 2 is 1.79 bits per heavy atom. The van der Waals surface area contributed by atoms with Crippen LogP contribution in [0.25, 0.3) is 0 Å². The first kappa shape index (κ1) is 17.0. The molecule has 1 aliphatic heterocycles. The zero-order chi connectivity index (χ0) is 16.9. The number of hydrogen-bond donors (Lipinski definition) is 1. The van der Waals surface area contributed by atoms with Gasteiger partial charge in [0.05, 0.1) is 12.0 Å². The van der Waals surface area contributed by atoms with Gasteiger partial charge in [0.1, 0.15) is 0 Å². The van der Waals surface area contributed by atoms with Crippen molar-refractivity contribution in [3.05, 3.63) is 35.9 Å². The van der Waals surface area contributed by atoms with E-state index in [0.29, 0.717) is 13.0 Å². The van der Waals surface area contributed by atoms with Gasteiger partial charge in [-0.15, -0.1) is 0 Å². The number of amides is 1. The van der Waals surface area contributed by atoms with E-state index >= 15 is 0 Å². The number of hydrogen-bond acceptors (Lipinski definition) is 3. The summed E-state index contributed by atoms with van der Waals surface area (Å²) in [6.45, 7) is 0.894. The molecule has 1 saturated carbocycles. The van der Waals surface area contributed by atoms with Gasteiger partial charge in [-0.25, -0.2) is 0 Å². The van der Waals surface area contributed by atoms with Crippen LogP contribution in [0, 0.1) is 5.92 Å². The number of benzene rings is 1. The van der Waals surface area contributed by atoms with Crippen LogP contribution >= 0.6 is 0 Å². The summed E-state index contributed by atoms with van der Waals surface area (Å²) in [6.07, 6.45) is 5.15. The van der Waals surface area contributed by atoms with E-state index in [-0.39, 0.29) is 18.6 Å². The third kappa shape index (κ3) is 3.96. The van der Waals surface area contributed by atoms with Gasteiger partial charge in [0.15, 0.2) is 6.10 Å². The first-order valence-corrected chi connectivity index (χ1v) is 8.87. The molecule has 0 spiro atoms. The van der Waals surface area contributed by atoms with Crippen molar-refractivity contribution < 1.29 is 19.4 Å². The van der Waals surface area contributed by atoms with E-state index in [1.54, 1.807) is 4.90 Å². The zero-order valence-corrected chi connectivity index (χ0v) is 13.9. The van der Waals surface area contributed by atoms with E-state index in [1.165, 1.54) is 0 Å². The summed E-state index contributed by atoms with van der Waals surface area (Å²) in [6, 6.07) is 9.56. The maximum Gasteiger partial charge on any atom is 0.308 e. The highest BCUT2D eigenvalue weighted by Crippen LogP contribution is 2.30. The summed E-state index contributed by atoms with van der Waals surface area (Å²) in [4.78, 5) is 26.0. The molecule has 0 bridgehead atoms. The predicted octanol–water partition coefficient (Wildman–Crippen LogP) is 3.01. The van der Waals surface area contributed by atoms with Gasteiger partial charge in [0.2, 0.25) is 0 Å². The van der Waals surface area contributed by atoms with Crippen LogP contribution in [0.5, 0.6) is 0 Å². The fraction of sp³-hybridized carbons (Fsp3) is 0.579. The molecule has 2 atom stereocenters. The summed E-state index contributed by atoms with van der Waals surface area (Å²) in [5, 5.41) is 9.25. The van der Waals surface area contributed by atoms with Gasteiger partial charge >= 0.3 is 5.97 Å². The average molecular weight is 331 g/mol. The first-order chi connectivity index (χ1) is 11.6. The van der Waals surface area contributed by atoms with E-state index < -0.39 is 18.0 Å². The highest BCUT2D eigenvalue weighted by atomic mass is 16.5. The number of rotatable bonds is 5. The minimum Gasteiger partial charge on any atom is -0.481 e. The van der Waals surface area contributed by atoms with Gasteiger partial charge in [-0.1, -0.05) is 43.2 Å². The zero-order valence-electron chi connectivity index (χ0n) is 13.9. The molecule has 1 saturated heterocycles. The number of ether oxygens (including phenoxy) is 1. The minimum atomic E-state index is -0.819. The summed E-state index contributed by atoms with van der Waals surface area (Å²) in [7, 11) is 0. The number of carboxylic acid groups (broad SMARTS) is 1. The molecule has 1 aliphatic carbocycles. The first-order valence-electron chi connectivity index (χ1n) is 8.87. The molecule has 5 nitrogen and oxygen atoms in total. The fourth-order valence-electron chi connectivity index (χ4n) is 3.67. The van der Waals surface area contributed by atoms with Crippen molar-refractivity contribution in [2.75, 3.05) is 13.1 Å². The van der Waals surface area contributed by atoms with Gasteiger partial charge in [-0.3, -0.25) is 9.59 Å². The molecule has 0 radical (unpaired) electrons. The second kappa shape index (κ2) is 7.79. The molecular weight excluding hydrogens is 306 g/mol. The number of likely N-dealkylation sites (tertiary alicyclic amines) is 1. The van der Waals surface area contributed by atoms with Crippen molar-refractivity contribution in [2.24, 2.45) is 5.92 Å². The third-order valence-electron chi connectivity index (χ3n) is 5.04. The average Bonchev–Trinajstić information content (AvgIpc) is 3.13. The van der Waals surface area contributed by atoms with Crippen LogP contribution in [0.1, 0.15) is 50.2 Å². The van der Waals surface area contributed by atoms with Crippen molar-refractivity contribution in [1.29, 1.82) is 0 Å². The summed E-state index contributed by atoms with van der Waals surface area (Å²) in [5.41, 5.74) is 0.854. The normalized spacial score (nSPS) is 23.2. The van der Waals surface area contributed by atoms with Crippen LogP contribution in [0.3, 0.4) is 0 Å². The molecule has 1 aromatic carbocycles. The lowest BCUT2D eigenvalue weighted by Crippen LogP contribution is -2.45. The Balaban J connectivity index is 1.76. The molecule has 130 valence electrons. The van der Waals surface area contributed by atoms with E-state index in [1.807, 2.05) is 30.3 Å². The van der Waals surface area contributed by atoms with Crippen LogP contribution in [0.2, 0.25) is 0 Å². The van der Waals surface area contributed by atoms with Gasteiger partial charge in [-0.05, 0) is 31.2 Å². The topological polar surface area (TPSA) is 66.8 Å². The highest BCUT2D eigenvalue weighted by molar-refractivity contribution is 5.83. The van der Waals surface area contributed by atoms with Crippen molar-refractivity contribution in [3.63, 3.8) is 0 Å². The quantitative estimate of drug-likeness (QED) is 0.900. The summed E-state index contributed by atoms with van der Waals surface area (Å²) in [5.74, 6) is -1.38. The largest absolute Gasteiger partial charge is 0.481 e. The molecule has 0 aromatic heterocycles. The summed E-state index contributed by atoms with van der Waals surface area (Å²) >= 11 is 0. The standard InChI is InChI=1S/C19H25NO4/c21-18(20-12-6-9-15(13-20)19(22)23)17(14-7-2-1-3-8-14)24-16-10-4-5-11-16/h1-3,7-8,15-17H,4-6,9-13H2,(H,22,23). The second-order valence-corrected chi connectivity index (χ2v) is 6.79. The molecule has 1 aromatic rings. The molecule has 1 N–H and O–H groups in total. The van der Waals surface area contributed by atoms with Crippen LogP contribution in [0.15, 0.2) is 30.3 Å². The van der Waals surface area contributed by atoms with Crippen molar-refractivity contribution in [1.82, 2.24) is 4.90 Å². The Morgan fingerprint density at radius 3 is 2.46 bits per heavy atom. The van der Waals surface area contributed by atoms with Crippen LogP contribution in [-0.2, 0) is 14.3 Å². The Labute approximate surface area is 142 Å². The van der Waals surface area contributed by atoms with Gasteiger partial charge in [0, 0.05) is 13.1 Å². The predicted molar refractivity (Wildman–Crippen MR) is 89.5 cm³/mol. The SMILES string of the molecule is O=C(O)C1CCCN(C(=O)C(OC2CCCC2)c2ccccc2)C1. The number of aliphatic carboxylic acids is 1. The van der Waals surface area contributed by atoms with E-state index in [4.69, 9.17) is 4.74 Å². The molecule has 24 heavy (non-hydrogen) atoms. The van der Waals surface area contributed by atoms with Gasteiger partial charge < -0.3 is 14.7 Å². The molecule has 2 fully saturated rings. The molecular formula is C19H25NO4. The number of piperidine rings is 1. The smallest absolute Gasteiger partial charge is 0.308 e. The van der Waals surface area contributed by atoms with Crippen LogP contribution in [0.4, 0.5) is 0 Å². The number of carbonyl (C=O) groups excluding carboxylic acids is 1. The maximum atomic E-state index is 13.1. The second-order valence-electron chi connectivity index (χ2n) is 6.79. The lowest BCUT2D eigenvalue weighted by Gasteiger charge is -2.34. The number of carbonyl (C=O) groups is 2. The Kier molecular flexibility index (Phi) is 5.51. The molecule has 1 amide bonds. The van der Waals surface area contributed by atoms with Gasteiger partial charge in [0.25, 0.3) is 5.91 Å². The maximum absolute atomic E-state index is 13.1. The molecule has 2 unspecified atom stereocenters. The number of carboxylic acids is 1. The van der Waals surface area contributed by atoms with E-state index in [9.17, 15) is 14.7 Å². The van der Waals surface area contributed by atoms with Crippen molar-refractivity contribution >= 4 is 11.9 Å². The Morgan fingerprint density at radius 1 is 1.08 bits per heavy atom.